The van der Waals surface area contributed by atoms with E-state index in [0.29, 0.717) is 26.5 Å². The third-order valence-corrected chi connectivity index (χ3v) is 4.66. The van der Waals surface area contributed by atoms with Crippen LogP contribution in [-0.2, 0) is 0 Å². The zero-order chi connectivity index (χ0) is 19.6. The van der Waals surface area contributed by atoms with Gasteiger partial charge < -0.3 is 10.1 Å². The van der Waals surface area contributed by atoms with Gasteiger partial charge in [0.2, 0.25) is 5.82 Å². The Labute approximate surface area is 169 Å². The van der Waals surface area contributed by atoms with Crippen molar-refractivity contribution in [1.82, 2.24) is 9.97 Å². The van der Waals surface area contributed by atoms with Crippen LogP contribution in [0.2, 0.25) is 15.1 Å². The van der Waals surface area contributed by atoms with Crippen molar-refractivity contribution in [1.29, 1.82) is 0 Å². The van der Waals surface area contributed by atoms with Crippen LogP contribution in [0.3, 0.4) is 0 Å². The number of hydrogen-bond acceptors (Lipinski definition) is 6. The van der Waals surface area contributed by atoms with Crippen molar-refractivity contribution in [3.8, 4) is 11.6 Å². The molecule has 0 unspecified atom stereocenters. The van der Waals surface area contributed by atoms with Gasteiger partial charge in [0.05, 0.1) is 15.0 Å². The summed E-state index contributed by atoms with van der Waals surface area (Å²) in [5.74, 6) is 0.104. The third kappa shape index (κ3) is 4.39. The van der Waals surface area contributed by atoms with Crippen LogP contribution in [-0.4, -0.2) is 14.9 Å². The Balaban J connectivity index is 1.97. The Hall–Kier alpha value is -2.61. The summed E-state index contributed by atoms with van der Waals surface area (Å²) in [4.78, 5) is 18.8. The zero-order valence-electron chi connectivity index (χ0n) is 13.7. The van der Waals surface area contributed by atoms with E-state index in [2.05, 4.69) is 15.3 Å². The van der Waals surface area contributed by atoms with Crippen molar-refractivity contribution in [2.45, 2.75) is 6.92 Å². The molecule has 0 saturated carbocycles. The van der Waals surface area contributed by atoms with Crippen molar-refractivity contribution in [2.75, 3.05) is 5.32 Å². The van der Waals surface area contributed by atoms with Crippen LogP contribution in [0.15, 0.2) is 42.7 Å². The van der Waals surface area contributed by atoms with Crippen molar-refractivity contribution >= 4 is 52.0 Å². The minimum atomic E-state index is -0.627. The van der Waals surface area contributed by atoms with E-state index in [1.807, 2.05) is 0 Å². The molecule has 2 aromatic carbocycles. The first-order chi connectivity index (χ1) is 12.8. The standard InChI is InChI=1S/C17H11Cl3N4O3/c1-9-6-11(3-5-12(9)18)27-17-15(24(25)26)16(21-8-22-17)23-10-2-4-13(19)14(20)7-10/h2-8H,1H3,(H,21,22,23). The Morgan fingerprint density at radius 3 is 2.44 bits per heavy atom. The van der Waals surface area contributed by atoms with Crippen LogP contribution in [0.1, 0.15) is 5.56 Å². The fourth-order valence-corrected chi connectivity index (χ4v) is 2.61. The summed E-state index contributed by atoms with van der Waals surface area (Å²) >= 11 is 17.8. The first-order valence-corrected chi connectivity index (χ1v) is 8.64. The second-order valence-corrected chi connectivity index (χ2v) is 6.62. The van der Waals surface area contributed by atoms with Gasteiger partial charge in [-0.15, -0.1) is 0 Å². The number of nitrogens with one attached hydrogen (secondary N) is 1. The molecule has 27 heavy (non-hydrogen) atoms. The Morgan fingerprint density at radius 2 is 1.78 bits per heavy atom. The molecule has 1 aromatic heterocycles. The highest BCUT2D eigenvalue weighted by molar-refractivity contribution is 6.42. The molecule has 0 atom stereocenters. The topological polar surface area (TPSA) is 90.2 Å². The van der Waals surface area contributed by atoms with Gasteiger partial charge in [0.25, 0.3) is 0 Å². The largest absolute Gasteiger partial charge is 0.434 e. The van der Waals surface area contributed by atoms with Gasteiger partial charge in [0.15, 0.2) is 0 Å². The number of benzene rings is 2. The smallest absolute Gasteiger partial charge is 0.373 e. The zero-order valence-corrected chi connectivity index (χ0v) is 16.0. The molecule has 0 radical (unpaired) electrons. The van der Waals surface area contributed by atoms with Gasteiger partial charge in [-0.2, -0.15) is 4.98 Å². The summed E-state index contributed by atoms with van der Waals surface area (Å²) < 4.78 is 5.59. The Kier molecular flexibility index (Phi) is 5.65. The van der Waals surface area contributed by atoms with Gasteiger partial charge in [0, 0.05) is 10.7 Å². The monoisotopic (exact) mass is 424 g/mol. The van der Waals surface area contributed by atoms with E-state index in [0.717, 1.165) is 11.9 Å². The molecule has 0 saturated heterocycles. The molecule has 0 spiro atoms. The number of aryl methyl sites for hydroxylation is 1. The number of nitro groups is 1. The summed E-state index contributed by atoms with van der Waals surface area (Å²) in [6.45, 7) is 1.79. The lowest BCUT2D eigenvalue weighted by atomic mass is 10.2. The highest BCUT2D eigenvalue weighted by Gasteiger charge is 2.25. The lowest BCUT2D eigenvalue weighted by Crippen LogP contribution is -2.03. The summed E-state index contributed by atoms with van der Waals surface area (Å²) in [6.07, 6.45) is 1.16. The quantitative estimate of drug-likeness (QED) is 0.387. The molecule has 3 rings (SSSR count). The van der Waals surface area contributed by atoms with E-state index in [1.54, 1.807) is 37.3 Å². The lowest BCUT2D eigenvalue weighted by molar-refractivity contribution is -0.385. The van der Waals surface area contributed by atoms with Crippen LogP contribution in [0, 0.1) is 17.0 Å². The number of ether oxygens (including phenoxy) is 1. The van der Waals surface area contributed by atoms with E-state index in [4.69, 9.17) is 39.5 Å². The van der Waals surface area contributed by atoms with Gasteiger partial charge in [-0.05, 0) is 48.9 Å². The Bertz CT molecular complexity index is 959. The van der Waals surface area contributed by atoms with Crippen LogP contribution in [0.4, 0.5) is 17.2 Å². The average molecular weight is 426 g/mol. The molecular weight excluding hydrogens is 415 g/mol. The first-order valence-electron chi connectivity index (χ1n) is 7.50. The SMILES string of the molecule is Cc1cc(Oc2ncnc(Nc3ccc(Cl)c(Cl)c3)c2[N+](=O)[O-])ccc1Cl. The lowest BCUT2D eigenvalue weighted by Gasteiger charge is -2.10. The van der Waals surface area contributed by atoms with Gasteiger partial charge in [-0.3, -0.25) is 10.1 Å². The summed E-state index contributed by atoms with van der Waals surface area (Å²) in [6, 6.07) is 9.58. The maximum Gasteiger partial charge on any atom is 0.373 e. The van der Waals surface area contributed by atoms with Crippen LogP contribution < -0.4 is 10.1 Å². The number of nitrogens with zero attached hydrogens (tertiary/aromatic N) is 3. The van der Waals surface area contributed by atoms with E-state index in [9.17, 15) is 10.1 Å². The van der Waals surface area contributed by atoms with Gasteiger partial charge >= 0.3 is 11.6 Å². The van der Waals surface area contributed by atoms with Gasteiger partial charge in [-0.25, -0.2) is 4.98 Å². The van der Waals surface area contributed by atoms with E-state index in [-0.39, 0.29) is 11.7 Å². The van der Waals surface area contributed by atoms with Crippen LogP contribution in [0.5, 0.6) is 11.6 Å². The molecule has 0 amide bonds. The number of anilines is 2. The molecule has 3 aromatic rings. The number of rotatable bonds is 5. The molecule has 0 fully saturated rings. The summed E-state index contributed by atoms with van der Waals surface area (Å²) in [5.41, 5.74) is 0.815. The predicted molar refractivity (Wildman–Crippen MR) is 105 cm³/mol. The second kappa shape index (κ2) is 7.96. The molecule has 1 N–H and O–H groups in total. The minimum absolute atomic E-state index is 0.0472. The molecule has 7 nitrogen and oxygen atoms in total. The van der Waals surface area contributed by atoms with Crippen molar-refractivity contribution < 1.29 is 9.66 Å². The molecule has 0 bridgehead atoms. The molecule has 0 aliphatic carbocycles. The van der Waals surface area contributed by atoms with Crippen molar-refractivity contribution in [3.63, 3.8) is 0 Å². The number of aromatic nitrogens is 2. The highest BCUT2D eigenvalue weighted by Crippen LogP contribution is 2.37. The van der Waals surface area contributed by atoms with Crippen LogP contribution >= 0.6 is 34.8 Å². The Morgan fingerprint density at radius 1 is 1.04 bits per heavy atom. The number of hydrogen-bond donors (Lipinski definition) is 1. The summed E-state index contributed by atoms with van der Waals surface area (Å²) in [7, 11) is 0. The fraction of sp³-hybridized carbons (Fsp3) is 0.0588. The first kappa shape index (κ1) is 19.2. The van der Waals surface area contributed by atoms with Crippen LogP contribution in [0.25, 0.3) is 0 Å². The number of halogens is 3. The maximum absolute atomic E-state index is 11.6. The minimum Gasteiger partial charge on any atom is -0.434 e. The van der Waals surface area contributed by atoms with Crippen molar-refractivity contribution in [3.05, 3.63) is 73.5 Å². The van der Waals surface area contributed by atoms with E-state index in [1.165, 1.54) is 6.07 Å². The summed E-state index contributed by atoms with van der Waals surface area (Å²) in [5, 5.41) is 15.7. The maximum atomic E-state index is 11.6. The molecular formula is C17H11Cl3N4O3. The fourth-order valence-electron chi connectivity index (χ4n) is 2.20. The van der Waals surface area contributed by atoms with E-state index >= 15 is 0 Å². The molecule has 0 aliphatic heterocycles. The van der Waals surface area contributed by atoms with Gasteiger partial charge in [0.1, 0.15) is 12.1 Å². The molecule has 0 aliphatic rings. The molecule has 1 heterocycles. The van der Waals surface area contributed by atoms with Gasteiger partial charge in [-0.1, -0.05) is 34.8 Å². The third-order valence-electron chi connectivity index (χ3n) is 3.50. The van der Waals surface area contributed by atoms with E-state index < -0.39 is 10.6 Å². The normalized spacial score (nSPS) is 10.5. The molecule has 10 heteroatoms. The van der Waals surface area contributed by atoms with Crippen molar-refractivity contribution in [2.24, 2.45) is 0 Å². The molecule has 138 valence electrons. The predicted octanol–water partition coefficient (Wildman–Crippen LogP) is 6.19. The average Bonchev–Trinajstić information content (AvgIpc) is 2.61. The second-order valence-electron chi connectivity index (χ2n) is 5.40. The highest BCUT2D eigenvalue weighted by atomic mass is 35.5.